The van der Waals surface area contributed by atoms with Crippen molar-refractivity contribution in [3.05, 3.63) is 0 Å². The van der Waals surface area contributed by atoms with Crippen molar-refractivity contribution in [2.24, 2.45) is 0 Å². The number of aliphatic hydroxyl groups is 1. The number of hydrogen-bond donors (Lipinski definition) is 1. The van der Waals surface area contributed by atoms with Crippen LogP contribution in [0, 0.1) is 0 Å². The van der Waals surface area contributed by atoms with Gasteiger partial charge in [0.05, 0.1) is 58.8 Å². The van der Waals surface area contributed by atoms with Crippen molar-refractivity contribution in [1.29, 1.82) is 0 Å². The van der Waals surface area contributed by atoms with Gasteiger partial charge in [-0.1, -0.05) is 0 Å². The van der Waals surface area contributed by atoms with Crippen LogP contribution >= 0.6 is 28.5 Å². The average Bonchev–Trinajstić information content (AvgIpc) is 2.81. The van der Waals surface area contributed by atoms with Crippen molar-refractivity contribution in [2.75, 3.05) is 59.8 Å². The summed E-state index contributed by atoms with van der Waals surface area (Å²) in [6, 6.07) is 0.236. The SMILES string of the molecule is CN1C[C@H](OCCOCCOCCOPI)C[C@H]1CO. The Morgan fingerprint density at radius 2 is 1.80 bits per heavy atom. The molecule has 1 heterocycles. The zero-order chi connectivity index (χ0) is 14.6. The van der Waals surface area contributed by atoms with Crippen LogP contribution in [-0.2, 0) is 18.7 Å². The summed E-state index contributed by atoms with van der Waals surface area (Å²) in [5.41, 5.74) is 0. The Balaban J connectivity index is 1.83. The molecule has 120 valence electrons. The van der Waals surface area contributed by atoms with Gasteiger partial charge in [0.25, 0.3) is 0 Å². The predicted octanol–water partition coefficient (Wildman–Crippen LogP) is 1.06. The fraction of sp³-hybridized carbons (Fsp3) is 1.00. The predicted molar refractivity (Wildman–Crippen MR) is 87.8 cm³/mol. The smallest absolute Gasteiger partial charge is 0.0794 e. The molecule has 1 aliphatic rings. The van der Waals surface area contributed by atoms with Gasteiger partial charge in [-0.2, -0.15) is 0 Å². The summed E-state index contributed by atoms with van der Waals surface area (Å²) in [5, 5.41) is 9.16. The maximum Gasteiger partial charge on any atom is 0.0794 e. The highest BCUT2D eigenvalue weighted by Gasteiger charge is 2.29. The Hall–Kier alpha value is 0.920. The van der Waals surface area contributed by atoms with Gasteiger partial charge in [-0.3, -0.25) is 4.90 Å². The van der Waals surface area contributed by atoms with Crippen molar-refractivity contribution in [3.8, 4) is 0 Å². The van der Waals surface area contributed by atoms with Crippen LogP contribution < -0.4 is 0 Å². The summed E-state index contributed by atoms with van der Waals surface area (Å²) >= 11 is 2.19. The minimum Gasteiger partial charge on any atom is -0.395 e. The van der Waals surface area contributed by atoms with Crippen LogP contribution in [0.4, 0.5) is 0 Å². The Morgan fingerprint density at radius 3 is 2.40 bits per heavy atom. The van der Waals surface area contributed by atoms with Gasteiger partial charge in [0.15, 0.2) is 0 Å². The summed E-state index contributed by atoms with van der Waals surface area (Å²) in [7, 11) is 2.01. The first-order valence-electron chi connectivity index (χ1n) is 6.83. The first-order chi connectivity index (χ1) is 9.77. The van der Waals surface area contributed by atoms with Gasteiger partial charge in [-0.25, -0.2) is 0 Å². The van der Waals surface area contributed by atoms with E-state index in [4.69, 9.17) is 23.8 Å². The highest BCUT2D eigenvalue weighted by atomic mass is 127. The molecule has 0 radical (unpaired) electrons. The number of aliphatic hydroxyl groups excluding tert-OH is 1. The number of nitrogens with zero attached hydrogens (tertiary/aromatic N) is 1. The van der Waals surface area contributed by atoms with Gasteiger partial charge in [-0.05, 0) is 35.5 Å². The molecule has 0 aromatic carbocycles. The second-order valence-corrected chi connectivity index (χ2v) is 6.42. The van der Waals surface area contributed by atoms with Gasteiger partial charge in [0, 0.05) is 12.6 Å². The standard InChI is InChI=1S/C12H25INO5P/c1-14-9-12(8-11(14)10-15)18-6-4-16-2-3-17-5-7-19-20-13/h11-12,15,20H,2-10H2,1H3/t11-,12+/m0/s1. The second kappa shape index (κ2) is 12.5. The molecule has 1 saturated heterocycles. The Bertz CT molecular complexity index is 240. The molecule has 1 unspecified atom stereocenters. The van der Waals surface area contributed by atoms with Crippen molar-refractivity contribution in [3.63, 3.8) is 0 Å². The van der Waals surface area contributed by atoms with E-state index < -0.39 is 0 Å². The number of hydrogen-bond acceptors (Lipinski definition) is 6. The van der Waals surface area contributed by atoms with E-state index in [1.807, 2.05) is 7.05 Å². The van der Waals surface area contributed by atoms with E-state index in [1.54, 1.807) is 0 Å². The van der Waals surface area contributed by atoms with Gasteiger partial charge in [0.1, 0.15) is 0 Å². The Labute approximate surface area is 135 Å². The molecule has 1 aliphatic heterocycles. The van der Waals surface area contributed by atoms with Crippen LogP contribution in [0.25, 0.3) is 0 Å². The third-order valence-corrected chi connectivity index (χ3v) is 4.45. The van der Waals surface area contributed by atoms with Crippen molar-refractivity contribution in [1.82, 2.24) is 4.90 Å². The van der Waals surface area contributed by atoms with Crippen LogP contribution in [0.5, 0.6) is 0 Å². The monoisotopic (exact) mass is 421 g/mol. The summed E-state index contributed by atoms with van der Waals surface area (Å²) in [6.45, 7) is 5.18. The Kier molecular flexibility index (Phi) is 11.8. The first kappa shape index (κ1) is 19.0. The van der Waals surface area contributed by atoms with Crippen LogP contribution in [0.15, 0.2) is 0 Å². The molecule has 3 atom stereocenters. The van der Waals surface area contributed by atoms with Gasteiger partial charge in [0.2, 0.25) is 0 Å². The van der Waals surface area contributed by atoms with Crippen LogP contribution in [0.1, 0.15) is 6.42 Å². The molecule has 0 aliphatic carbocycles. The third-order valence-electron chi connectivity index (χ3n) is 3.20. The minimum atomic E-state index is 0.200. The molecule has 20 heavy (non-hydrogen) atoms. The summed E-state index contributed by atoms with van der Waals surface area (Å²) in [5.74, 6) is 0. The zero-order valence-corrected chi connectivity index (χ0v) is 15.1. The fourth-order valence-corrected chi connectivity index (χ4v) is 2.92. The number of likely N-dealkylation sites (N-methyl/N-ethyl adjacent to an activating group) is 1. The van der Waals surface area contributed by atoms with E-state index in [2.05, 4.69) is 26.9 Å². The van der Waals surface area contributed by atoms with Gasteiger partial charge >= 0.3 is 0 Å². The lowest BCUT2D eigenvalue weighted by Crippen LogP contribution is -2.28. The van der Waals surface area contributed by atoms with Gasteiger partial charge in [-0.15, -0.1) is 0 Å². The van der Waals surface area contributed by atoms with Crippen molar-refractivity contribution < 1.29 is 23.8 Å². The lowest BCUT2D eigenvalue weighted by atomic mass is 10.2. The normalized spacial score (nSPS) is 24.1. The maximum absolute atomic E-state index is 9.16. The molecular weight excluding hydrogens is 396 g/mol. The summed E-state index contributed by atoms with van der Waals surface area (Å²) < 4.78 is 21.7. The molecule has 1 fully saturated rings. The largest absolute Gasteiger partial charge is 0.395 e. The topological polar surface area (TPSA) is 60.4 Å². The number of likely N-dealkylation sites (tertiary alicyclic amines) is 1. The zero-order valence-electron chi connectivity index (χ0n) is 11.9. The van der Waals surface area contributed by atoms with E-state index in [0.29, 0.717) is 46.1 Å². The van der Waals surface area contributed by atoms with Crippen LogP contribution in [0.3, 0.4) is 0 Å². The average molecular weight is 421 g/mol. The van der Waals surface area contributed by atoms with Crippen molar-refractivity contribution in [2.45, 2.75) is 18.6 Å². The third kappa shape index (κ3) is 8.38. The van der Waals surface area contributed by atoms with Crippen molar-refractivity contribution >= 4 is 28.5 Å². The highest BCUT2D eigenvalue weighted by molar-refractivity contribution is 14.2. The molecule has 0 aromatic heterocycles. The van der Waals surface area contributed by atoms with E-state index in [9.17, 15) is 0 Å². The molecule has 0 bridgehead atoms. The molecule has 8 heteroatoms. The lowest BCUT2D eigenvalue weighted by molar-refractivity contribution is -0.0100. The molecule has 1 rings (SSSR count). The molecule has 6 nitrogen and oxygen atoms in total. The maximum atomic E-state index is 9.16. The van der Waals surface area contributed by atoms with E-state index in [1.165, 1.54) is 0 Å². The number of ether oxygens (including phenoxy) is 3. The Morgan fingerprint density at radius 1 is 1.15 bits per heavy atom. The lowest BCUT2D eigenvalue weighted by Gasteiger charge is -2.14. The molecule has 0 saturated carbocycles. The molecule has 0 spiro atoms. The molecule has 0 amide bonds. The van der Waals surface area contributed by atoms with E-state index >= 15 is 0 Å². The second-order valence-electron chi connectivity index (χ2n) is 4.65. The van der Waals surface area contributed by atoms with E-state index in [0.717, 1.165) is 13.0 Å². The quantitative estimate of drug-likeness (QED) is 0.289. The molecular formula is C12H25INO5P. The highest BCUT2D eigenvalue weighted by Crippen LogP contribution is 2.20. The van der Waals surface area contributed by atoms with Crippen LogP contribution in [-0.4, -0.2) is 82.0 Å². The molecule has 1 N–H and O–H groups in total. The van der Waals surface area contributed by atoms with Gasteiger partial charge < -0.3 is 23.8 Å². The number of rotatable bonds is 12. The van der Waals surface area contributed by atoms with E-state index in [-0.39, 0.29) is 18.8 Å². The first-order valence-corrected chi connectivity index (χ1v) is 10.9. The fourth-order valence-electron chi connectivity index (χ4n) is 2.10. The van der Waals surface area contributed by atoms with Crippen LogP contribution in [0.2, 0.25) is 0 Å². The summed E-state index contributed by atoms with van der Waals surface area (Å²) in [6.07, 6.45) is 1.11. The molecule has 0 aromatic rings. The number of halogens is 1. The summed E-state index contributed by atoms with van der Waals surface area (Å²) in [4.78, 5) is 2.14. The minimum absolute atomic E-state index is 0.200.